The molecule has 0 radical (unpaired) electrons. The number of benzene rings is 1. The fraction of sp³-hybridized carbons (Fsp3) is 0.214. The number of carbonyl (C=O) groups excluding carboxylic acids is 1. The molecule has 0 unspecified atom stereocenters. The van der Waals surface area contributed by atoms with Crippen LogP contribution in [0.2, 0.25) is 0 Å². The van der Waals surface area contributed by atoms with Gasteiger partial charge in [0.05, 0.1) is 17.8 Å². The summed E-state index contributed by atoms with van der Waals surface area (Å²) >= 11 is 0. The normalized spacial score (nSPS) is 14.3. The smallest absolute Gasteiger partial charge is 0.250 e. The lowest BCUT2D eigenvalue weighted by atomic mass is 10.1. The highest BCUT2D eigenvalue weighted by molar-refractivity contribution is 5.94. The van der Waals surface area contributed by atoms with E-state index in [1.807, 2.05) is 30.1 Å². The monoisotopic (exact) mass is 243 g/mol. The van der Waals surface area contributed by atoms with Crippen LogP contribution in [0.1, 0.15) is 11.1 Å². The van der Waals surface area contributed by atoms with Crippen LogP contribution in [0, 0.1) is 13.8 Å². The Labute approximate surface area is 107 Å². The third-order valence-electron chi connectivity index (χ3n) is 2.82. The van der Waals surface area contributed by atoms with Crippen LogP contribution in [0.5, 0.6) is 0 Å². The topological polar surface area (TPSA) is 58.4 Å². The largest absolute Gasteiger partial charge is 0.366 e. The van der Waals surface area contributed by atoms with Crippen LogP contribution >= 0.6 is 0 Å². The van der Waals surface area contributed by atoms with Gasteiger partial charge in [0.2, 0.25) is 5.91 Å². The van der Waals surface area contributed by atoms with Gasteiger partial charge in [0, 0.05) is 6.20 Å². The van der Waals surface area contributed by atoms with Crippen molar-refractivity contribution in [3.8, 4) is 0 Å². The first-order valence-electron chi connectivity index (χ1n) is 5.85. The van der Waals surface area contributed by atoms with Crippen molar-refractivity contribution in [1.29, 1.82) is 0 Å². The molecule has 3 N–H and O–H groups in total. The minimum Gasteiger partial charge on any atom is -0.366 e. The maximum absolute atomic E-state index is 11.1. The van der Waals surface area contributed by atoms with E-state index < -0.39 is 5.91 Å². The summed E-state index contributed by atoms with van der Waals surface area (Å²) in [6.45, 7) is 4.81. The van der Waals surface area contributed by atoms with Crippen molar-refractivity contribution < 1.29 is 4.79 Å². The van der Waals surface area contributed by atoms with Crippen LogP contribution in [0.15, 0.2) is 42.1 Å². The van der Waals surface area contributed by atoms with Gasteiger partial charge in [0.15, 0.2) is 0 Å². The molecule has 0 spiro atoms. The van der Waals surface area contributed by atoms with Gasteiger partial charge in [-0.25, -0.2) is 0 Å². The standard InChI is InChI=1S/C14H17N3O/c1-10-5-6-13(11(2)8-10)16-17-7-3-4-12(9-17)14(15)18/h3-6,8-9,16H,7H2,1-2H3,(H2,15,18). The van der Waals surface area contributed by atoms with E-state index in [9.17, 15) is 4.79 Å². The highest BCUT2D eigenvalue weighted by atomic mass is 16.1. The van der Waals surface area contributed by atoms with Crippen LogP contribution in [-0.4, -0.2) is 17.5 Å². The molecule has 4 nitrogen and oxygen atoms in total. The minimum absolute atomic E-state index is 0.418. The van der Waals surface area contributed by atoms with Crippen LogP contribution in [0.3, 0.4) is 0 Å². The summed E-state index contributed by atoms with van der Waals surface area (Å²) in [6.07, 6.45) is 5.36. The number of rotatable bonds is 3. The first-order valence-corrected chi connectivity index (χ1v) is 5.85. The molecule has 4 heteroatoms. The molecule has 0 aromatic heterocycles. The summed E-state index contributed by atoms with van der Waals surface area (Å²) in [6, 6.07) is 6.19. The molecule has 1 amide bonds. The van der Waals surface area contributed by atoms with Crippen LogP contribution < -0.4 is 11.2 Å². The molecule has 0 saturated carbocycles. The van der Waals surface area contributed by atoms with Crippen LogP contribution in [0.4, 0.5) is 5.69 Å². The number of aryl methyl sites for hydroxylation is 2. The third kappa shape index (κ3) is 2.71. The first kappa shape index (κ1) is 12.2. The van der Waals surface area contributed by atoms with Crippen molar-refractivity contribution in [2.45, 2.75) is 13.8 Å². The van der Waals surface area contributed by atoms with E-state index >= 15 is 0 Å². The SMILES string of the molecule is Cc1ccc(NN2C=C(C(N)=O)C=CC2)c(C)c1. The molecule has 1 aliphatic rings. The summed E-state index contributed by atoms with van der Waals surface area (Å²) in [4.78, 5) is 11.1. The molecule has 0 atom stereocenters. The first-order chi connectivity index (χ1) is 8.56. The van der Waals surface area contributed by atoms with Crippen molar-refractivity contribution in [3.05, 3.63) is 53.3 Å². The number of hydrazine groups is 1. The Morgan fingerprint density at radius 3 is 2.83 bits per heavy atom. The van der Waals surface area contributed by atoms with E-state index in [0.717, 1.165) is 5.69 Å². The van der Waals surface area contributed by atoms with E-state index in [4.69, 9.17) is 5.73 Å². The van der Waals surface area contributed by atoms with Gasteiger partial charge in [-0.3, -0.25) is 15.2 Å². The molecule has 0 bridgehead atoms. The van der Waals surface area contributed by atoms with Crippen molar-refractivity contribution >= 4 is 11.6 Å². The summed E-state index contributed by atoms with van der Waals surface area (Å²) in [5, 5.41) is 1.84. The highest BCUT2D eigenvalue weighted by Gasteiger charge is 2.09. The second-order valence-corrected chi connectivity index (χ2v) is 4.43. The lowest BCUT2D eigenvalue weighted by molar-refractivity contribution is -0.114. The van der Waals surface area contributed by atoms with Crippen molar-refractivity contribution in [2.24, 2.45) is 5.73 Å². The van der Waals surface area contributed by atoms with E-state index in [2.05, 4.69) is 18.4 Å². The quantitative estimate of drug-likeness (QED) is 0.852. The van der Waals surface area contributed by atoms with Gasteiger partial charge < -0.3 is 5.73 Å². The summed E-state index contributed by atoms with van der Waals surface area (Å²) < 4.78 is 0. The zero-order valence-corrected chi connectivity index (χ0v) is 10.6. The lowest BCUT2D eigenvalue weighted by Crippen LogP contribution is -2.29. The molecule has 1 aliphatic heterocycles. The average Bonchev–Trinajstić information content (AvgIpc) is 2.33. The fourth-order valence-corrected chi connectivity index (χ4v) is 1.87. The maximum Gasteiger partial charge on any atom is 0.250 e. The number of hydrogen-bond acceptors (Lipinski definition) is 3. The van der Waals surface area contributed by atoms with Gasteiger partial charge in [0.1, 0.15) is 0 Å². The highest BCUT2D eigenvalue weighted by Crippen LogP contribution is 2.18. The second kappa shape index (κ2) is 4.96. The Morgan fingerprint density at radius 1 is 1.39 bits per heavy atom. The van der Waals surface area contributed by atoms with Crippen LogP contribution in [-0.2, 0) is 4.79 Å². The Bertz CT molecular complexity index is 532. The molecule has 0 aliphatic carbocycles. The average molecular weight is 243 g/mol. The van der Waals surface area contributed by atoms with Crippen LogP contribution in [0.25, 0.3) is 0 Å². The van der Waals surface area contributed by atoms with Crippen molar-refractivity contribution in [3.63, 3.8) is 0 Å². The molecule has 0 saturated heterocycles. The summed E-state index contributed by atoms with van der Waals surface area (Å²) in [5.74, 6) is -0.418. The molecule has 94 valence electrons. The van der Waals surface area contributed by atoms with Gasteiger partial charge in [-0.05, 0) is 25.5 Å². The summed E-state index contributed by atoms with van der Waals surface area (Å²) in [7, 11) is 0. The molecule has 1 aromatic carbocycles. The Hall–Kier alpha value is -2.23. The number of hydrogen-bond donors (Lipinski definition) is 2. The van der Waals surface area contributed by atoms with Gasteiger partial charge in [0.25, 0.3) is 0 Å². The molecule has 18 heavy (non-hydrogen) atoms. The number of amides is 1. The van der Waals surface area contributed by atoms with Gasteiger partial charge >= 0.3 is 0 Å². The van der Waals surface area contributed by atoms with E-state index in [0.29, 0.717) is 12.1 Å². The number of nitrogens with two attached hydrogens (primary N) is 1. The zero-order valence-electron chi connectivity index (χ0n) is 10.6. The Balaban J connectivity index is 2.15. The molecule has 2 rings (SSSR count). The Kier molecular flexibility index (Phi) is 3.37. The van der Waals surface area contributed by atoms with Gasteiger partial charge in [-0.1, -0.05) is 29.8 Å². The molecular formula is C14H17N3O. The predicted molar refractivity (Wildman–Crippen MR) is 72.7 cm³/mol. The molecular weight excluding hydrogens is 226 g/mol. The van der Waals surface area contributed by atoms with Gasteiger partial charge in [-0.2, -0.15) is 0 Å². The van der Waals surface area contributed by atoms with E-state index in [-0.39, 0.29) is 0 Å². The number of carbonyl (C=O) groups is 1. The minimum atomic E-state index is -0.418. The maximum atomic E-state index is 11.1. The van der Waals surface area contributed by atoms with Gasteiger partial charge in [-0.15, -0.1) is 0 Å². The number of nitrogens with zero attached hydrogens (tertiary/aromatic N) is 1. The molecule has 0 fully saturated rings. The second-order valence-electron chi connectivity index (χ2n) is 4.43. The number of anilines is 1. The molecule has 1 heterocycles. The molecule has 1 aromatic rings. The number of primary amides is 1. The zero-order chi connectivity index (χ0) is 13.1. The third-order valence-corrected chi connectivity index (χ3v) is 2.82. The predicted octanol–water partition coefficient (Wildman–Crippen LogP) is 1.87. The Morgan fingerprint density at radius 2 is 2.17 bits per heavy atom. The summed E-state index contributed by atoms with van der Waals surface area (Å²) in [5.41, 5.74) is 12.4. The van der Waals surface area contributed by atoms with E-state index in [1.165, 1.54) is 11.1 Å². The fourth-order valence-electron chi connectivity index (χ4n) is 1.87. The number of nitrogens with one attached hydrogen (secondary N) is 1. The lowest BCUT2D eigenvalue weighted by Gasteiger charge is -2.25. The van der Waals surface area contributed by atoms with E-state index in [1.54, 1.807) is 12.3 Å². The van der Waals surface area contributed by atoms with Crippen molar-refractivity contribution in [1.82, 2.24) is 5.01 Å². The van der Waals surface area contributed by atoms with Crippen molar-refractivity contribution in [2.75, 3.05) is 12.0 Å².